The van der Waals surface area contributed by atoms with Gasteiger partial charge < -0.3 is 4.74 Å². The molecule has 1 rings (SSSR count). The minimum Gasteiger partial charge on any atom is -0.464 e. The van der Waals surface area contributed by atoms with Gasteiger partial charge in [-0.1, -0.05) is 6.08 Å². The molecule has 11 heavy (non-hydrogen) atoms. The van der Waals surface area contributed by atoms with E-state index < -0.39 is 5.97 Å². The second-order valence-corrected chi connectivity index (χ2v) is 1.85. The van der Waals surface area contributed by atoms with Gasteiger partial charge in [-0.2, -0.15) is 5.10 Å². The molecule has 0 bridgehead atoms. The van der Waals surface area contributed by atoms with E-state index in [2.05, 4.69) is 15.3 Å². The zero-order valence-corrected chi connectivity index (χ0v) is 6.07. The lowest BCUT2D eigenvalue weighted by molar-refractivity contribution is -0.136. The molecule has 0 unspecified atom stereocenters. The summed E-state index contributed by atoms with van der Waals surface area (Å²) in [5, 5.41) is 3.69. The molecule has 0 saturated carbocycles. The molecule has 0 amide bonds. The minimum atomic E-state index is -0.423. The maximum absolute atomic E-state index is 10.9. The van der Waals surface area contributed by atoms with E-state index in [0.717, 1.165) is 0 Å². The van der Waals surface area contributed by atoms with Gasteiger partial charge in [-0.05, 0) is 12.2 Å². The van der Waals surface area contributed by atoms with E-state index in [0.29, 0.717) is 5.70 Å². The van der Waals surface area contributed by atoms with Crippen molar-refractivity contribution in [3.8, 4) is 0 Å². The first-order chi connectivity index (χ1) is 5.34. The number of nitrogens with zero attached hydrogens (tertiary/aromatic N) is 1. The number of methoxy groups -OCH3 is 1. The molecule has 0 fully saturated rings. The fourth-order valence-corrected chi connectivity index (χ4v) is 0.612. The van der Waals surface area contributed by atoms with E-state index in [-0.39, 0.29) is 0 Å². The third-order valence-electron chi connectivity index (χ3n) is 1.12. The molecular weight excluding hydrogens is 144 g/mol. The molecule has 1 aliphatic heterocycles. The first-order valence-electron chi connectivity index (χ1n) is 3.09. The van der Waals surface area contributed by atoms with Gasteiger partial charge >= 0.3 is 5.97 Å². The lowest BCUT2D eigenvalue weighted by Gasteiger charge is -2.00. The monoisotopic (exact) mass is 152 g/mol. The maximum atomic E-state index is 10.9. The van der Waals surface area contributed by atoms with E-state index in [4.69, 9.17) is 0 Å². The fourth-order valence-electron chi connectivity index (χ4n) is 0.612. The quantitative estimate of drug-likeness (QED) is 0.545. The number of allylic oxidation sites excluding steroid dienone is 3. The summed E-state index contributed by atoms with van der Waals surface area (Å²) in [5.74, 6) is -0.423. The van der Waals surface area contributed by atoms with Gasteiger partial charge in [0.05, 0.1) is 7.11 Å². The number of hydrogen-bond acceptors (Lipinski definition) is 4. The Morgan fingerprint density at radius 1 is 1.64 bits per heavy atom. The lowest BCUT2D eigenvalue weighted by Crippen LogP contribution is -2.16. The molecule has 0 aromatic carbocycles. The van der Waals surface area contributed by atoms with Crippen LogP contribution in [0.25, 0.3) is 0 Å². The van der Waals surface area contributed by atoms with Crippen LogP contribution in [0.2, 0.25) is 0 Å². The Morgan fingerprint density at radius 2 is 2.45 bits per heavy atom. The van der Waals surface area contributed by atoms with Crippen molar-refractivity contribution < 1.29 is 9.53 Å². The van der Waals surface area contributed by atoms with Gasteiger partial charge in [0.2, 0.25) is 0 Å². The van der Waals surface area contributed by atoms with Crippen LogP contribution >= 0.6 is 0 Å². The SMILES string of the molecule is COC(=O)C1=CC=CC=NN1. The molecule has 1 N–H and O–H groups in total. The van der Waals surface area contributed by atoms with E-state index in [1.807, 2.05) is 0 Å². The van der Waals surface area contributed by atoms with Crippen molar-refractivity contribution >= 4 is 12.2 Å². The van der Waals surface area contributed by atoms with Crippen molar-refractivity contribution in [2.45, 2.75) is 0 Å². The molecule has 4 nitrogen and oxygen atoms in total. The van der Waals surface area contributed by atoms with Crippen molar-refractivity contribution in [1.82, 2.24) is 5.43 Å². The Kier molecular flexibility index (Phi) is 2.43. The van der Waals surface area contributed by atoms with Crippen LogP contribution in [-0.4, -0.2) is 19.3 Å². The molecule has 4 heteroatoms. The third-order valence-corrected chi connectivity index (χ3v) is 1.12. The van der Waals surface area contributed by atoms with Crippen LogP contribution in [0.1, 0.15) is 0 Å². The zero-order chi connectivity index (χ0) is 8.10. The highest BCUT2D eigenvalue weighted by atomic mass is 16.5. The Balaban J connectivity index is 2.72. The molecule has 0 atom stereocenters. The molecule has 1 aliphatic rings. The Hall–Kier alpha value is -1.58. The number of carbonyl (C=O) groups excluding carboxylic acids is 1. The molecule has 1 heterocycles. The number of hydrogen-bond donors (Lipinski definition) is 1. The Morgan fingerprint density at radius 3 is 3.18 bits per heavy atom. The number of ether oxygens (including phenoxy) is 1. The van der Waals surface area contributed by atoms with Gasteiger partial charge in [0.1, 0.15) is 5.70 Å². The van der Waals surface area contributed by atoms with Crippen molar-refractivity contribution in [2.75, 3.05) is 7.11 Å². The number of carbonyl (C=O) groups is 1. The minimum absolute atomic E-state index is 0.331. The standard InChI is InChI=1S/C7H8N2O2/c1-11-7(10)6-4-2-3-5-8-9-6/h2-5,9H,1H3. The van der Waals surface area contributed by atoms with Gasteiger partial charge in [-0.25, -0.2) is 4.79 Å². The summed E-state index contributed by atoms with van der Waals surface area (Å²) in [6.45, 7) is 0. The first-order valence-corrected chi connectivity index (χ1v) is 3.09. The topological polar surface area (TPSA) is 50.7 Å². The van der Waals surface area contributed by atoms with E-state index in [1.165, 1.54) is 7.11 Å². The predicted octanol–water partition coefficient (Wildman–Crippen LogP) is 0.188. The largest absolute Gasteiger partial charge is 0.464 e. The van der Waals surface area contributed by atoms with Crippen LogP contribution in [0.5, 0.6) is 0 Å². The lowest BCUT2D eigenvalue weighted by atomic mass is 10.4. The molecule has 0 aliphatic carbocycles. The molecule has 0 radical (unpaired) electrons. The smallest absolute Gasteiger partial charge is 0.355 e. The fraction of sp³-hybridized carbons (Fsp3) is 0.143. The van der Waals surface area contributed by atoms with Gasteiger partial charge in [0.15, 0.2) is 0 Å². The summed E-state index contributed by atoms with van der Waals surface area (Å²) >= 11 is 0. The van der Waals surface area contributed by atoms with Gasteiger partial charge in [-0.3, -0.25) is 5.43 Å². The summed E-state index contributed by atoms with van der Waals surface area (Å²) in [4.78, 5) is 10.9. The van der Waals surface area contributed by atoms with Gasteiger partial charge in [0.25, 0.3) is 0 Å². The highest BCUT2D eigenvalue weighted by Crippen LogP contribution is 1.95. The molecule has 0 aromatic rings. The maximum Gasteiger partial charge on any atom is 0.355 e. The molecule has 58 valence electrons. The second kappa shape index (κ2) is 3.55. The highest BCUT2D eigenvalue weighted by molar-refractivity contribution is 5.89. The van der Waals surface area contributed by atoms with Gasteiger partial charge in [-0.15, -0.1) is 0 Å². The van der Waals surface area contributed by atoms with E-state index >= 15 is 0 Å². The summed E-state index contributed by atoms with van der Waals surface area (Å²) in [7, 11) is 1.32. The highest BCUT2D eigenvalue weighted by Gasteiger charge is 2.06. The van der Waals surface area contributed by atoms with Crippen LogP contribution < -0.4 is 5.43 Å². The number of nitrogens with one attached hydrogen (secondary N) is 1. The zero-order valence-electron chi connectivity index (χ0n) is 6.07. The third kappa shape index (κ3) is 1.93. The number of rotatable bonds is 1. The molecule has 0 aromatic heterocycles. The average molecular weight is 152 g/mol. The van der Waals surface area contributed by atoms with E-state index in [9.17, 15) is 4.79 Å². The van der Waals surface area contributed by atoms with Crippen LogP contribution in [-0.2, 0) is 9.53 Å². The van der Waals surface area contributed by atoms with Gasteiger partial charge in [0, 0.05) is 6.21 Å². The molecule has 0 saturated heterocycles. The summed E-state index contributed by atoms with van der Waals surface area (Å²) in [6.07, 6.45) is 6.56. The number of esters is 1. The summed E-state index contributed by atoms with van der Waals surface area (Å²) in [6, 6.07) is 0. The average Bonchev–Trinajstić information content (AvgIpc) is 2.30. The Labute approximate surface area is 64.2 Å². The Bertz CT molecular complexity index is 241. The summed E-state index contributed by atoms with van der Waals surface area (Å²) in [5.41, 5.74) is 2.86. The molecular formula is C7H8N2O2. The number of hydrazone groups is 1. The van der Waals surface area contributed by atoms with Crippen LogP contribution in [0.4, 0.5) is 0 Å². The van der Waals surface area contributed by atoms with Crippen molar-refractivity contribution in [3.05, 3.63) is 23.9 Å². The predicted molar refractivity (Wildman–Crippen MR) is 40.9 cm³/mol. The van der Waals surface area contributed by atoms with Crippen LogP contribution in [0.3, 0.4) is 0 Å². The first kappa shape index (κ1) is 7.53. The van der Waals surface area contributed by atoms with Crippen molar-refractivity contribution in [1.29, 1.82) is 0 Å². The van der Waals surface area contributed by atoms with Crippen molar-refractivity contribution in [3.63, 3.8) is 0 Å². The normalized spacial score (nSPS) is 14.8. The van der Waals surface area contributed by atoms with Crippen molar-refractivity contribution in [2.24, 2.45) is 5.10 Å². The summed E-state index contributed by atoms with van der Waals surface area (Å²) < 4.78 is 4.47. The van der Waals surface area contributed by atoms with Crippen LogP contribution in [0, 0.1) is 0 Å². The molecule has 0 spiro atoms. The van der Waals surface area contributed by atoms with E-state index in [1.54, 1.807) is 24.4 Å². The second-order valence-electron chi connectivity index (χ2n) is 1.85. The van der Waals surface area contributed by atoms with Crippen LogP contribution in [0.15, 0.2) is 29.0 Å².